The molecule has 0 aliphatic heterocycles. The number of fused-ring (bicyclic) bond motifs is 1. The second kappa shape index (κ2) is 3.06. The summed E-state index contributed by atoms with van der Waals surface area (Å²) in [5.74, 6) is -1.29. The minimum Gasteiger partial charge on any atom is -0.364 e. The lowest BCUT2D eigenvalue weighted by molar-refractivity contribution is 0.0997. The standard InChI is InChI=1S/C8H5BrFN3O/c9-3-1-2-4-5(6(3)10)7(8(11)14)13-12-4/h1-2H,(H2,11,14)(H,12,13). The number of hydrogen-bond acceptors (Lipinski definition) is 2. The molecule has 0 fully saturated rings. The molecule has 0 atom stereocenters. The lowest BCUT2D eigenvalue weighted by Crippen LogP contribution is -2.12. The number of carbonyl (C=O) groups is 1. The minimum atomic E-state index is -0.756. The van der Waals surface area contributed by atoms with Crippen LogP contribution in [0.4, 0.5) is 4.39 Å². The van der Waals surface area contributed by atoms with Gasteiger partial charge in [0.2, 0.25) is 0 Å². The van der Waals surface area contributed by atoms with Gasteiger partial charge in [0, 0.05) is 0 Å². The van der Waals surface area contributed by atoms with Crippen LogP contribution in [0, 0.1) is 5.82 Å². The van der Waals surface area contributed by atoms with Crippen LogP contribution >= 0.6 is 15.9 Å². The van der Waals surface area contributed by atoms with E-state index in [1.54, 1.807) is 6.07 Å². The van der Waals surface area contributed by atoms with Crippen LogP contribution in [0.25, 0.3) is 10.9 Å². The van der Waals surface area contributed by atoms with E-state index in [1.165, 1.54) is 6.07 Å². The van der Waals surface area contributed by atoms with Crippen LogP contribution in [0.2, 0.25) is 0 Å². The van der Waals surface area contributed by atoms with Crippen molar-refractivity contribution in [2.45, 2.75) is 0 Å². The van der Waals surface area contributed by atoms with Crippen molar-refractivity contribution in [1.29, 1.82) is 0 Å². The number of carbonyl (C=O) groups excluding carboxylic acids is 1. The maximum atomic E-state index is 13.5. The summed E-state index contributed by atoms with van der Waals surface area (Å²) in [7, 11) is 0. The molecular weight excluding hydrogens is 253 g/mol. The fraction of sp³-hybridized carbons (Fsp3) is 0. The number of rotatable bonds is 1. The maximum absolute atomic E-state index is 13.5. The number of benzene rings is 1. The number of nitrogens with two attached hydrogens (primary N) is 1. The topological polar surface area (TPSA) is 71.8 Å². The number of primary amides is 1. The zero-order valence-corrected chi connectivity index (χ0v) is 8.43. The van der Waals surface area contributed by atoms with Gasteiger partial charge in [-0.25, -0.2) is 4.39 Å². The molecule has 6 heteroatoms. The zero-order valence-electron chi connectivity index (χ0n) is 6.84. The van der Waals surface area contributed by atoms with Gasteiger partial charge in [0.15, 0.2) is 5.69 Å². The Morgan fingerprint density at radius 2 is 2.29 bits per heavy atom. The van der Waals surface area contributed by atoms with Crippen molar-refractivity contribution < 1.29 is 9.18 Å². The van der Waals surface area contributed by atoms with Crippen molar-refractivity contribution in [3.8, 4) is 0 Å². The van der Waals surface area contributed by atoms with Gasteiger partial charge in [0.1, 0.15) is 5.82 Å². The van der Waals surface area contributed by atoms with E-state index in [0.29, 0.717) is 5.52 Å². The van der Waals surface area contributed by atoms with Gasteiger partial charge < -0.3 is 5.73 Å². The molecule has 0 saturated carbocycles. The van der Waals surface area contributed by atoms with Crippen LogP contribution in [-0.2, 0) is 0 Å². The highest BCUT2D eigenvalue weighted by molar-refractivity contribution is 9.10. The average molecular weight is 258 g/mol. The molecular formula is C8H5BrFN3O. The highest BCUT2D eigenvalue weighted by Gasteiger charge is 2.16. The van der Waals surface area contributed by atoms with Crippen molar-refractivity contribution in [3.63, 3.8) is 0 Å². The Morgan fingerprint density at radius 1 is 1.57 bits per heavy atom. The molecule has 4 nitrogen and oxygen atoms in total. The number of amides is 1. The van der Waals surface area contributed by atoms with Crippen LogP contribution in [0.15, 0.2) is 16.6 Å². The van der Waals surface area contributed by atoms with Crippen molar-refractivity contribution in [2.24, 2.45) is 5.73 Å². The molecule has 1 amide bonds. The SMILES string of the molecule is NC(=O)c1n[nH]c2ccc(Br)c(F)c12. The van der Waals surface area contributed by atoms with E-state index in [0.717, 1.165) is 0 Å². The summed E-state index contributed by atoms with van der Waals surface area (Å²) in [5, 5.41) is 6.28. The number of hydrogen-bond donors (Lipinski definition) is 2. The number of H-pyrrole nitrogens is 1. The molecule has 1 aromatic carbocycles. The third-order valence-electron chi connectivity index (χ3n) is 1.85. The lowest BCUT2D eigenvalue weighted by atomic mass is 10.2. The van der Waals surface area contributed by atoms with E-state index in [-0.39, 0.29) is 15.6 Å². The third-order valence-corrected chi connectivity index (χ3v) is 2.47. The third kappa shape index (κ3) is 1.19. The second-order valence-corrected chi connectivity index (χ2v) is 3.57. The zero-order chi connectivity index (χ0) is 10.3. The molecule has 0 saturated heterocycles. The molecule has 0 unspecified atom stereocenters. The van der Waals surface area contributed by atoms with Crippen LogP contribution in [0.1, 0.15) is 10.5 Å². The predicted octanol–water partition coefficient (Wildman–Crippen LogP) is 1.56. The van der Waals surface area contributed by atoms with Crippen LogP contribution in [0.5, 0.6) is 0 Å². The largest absolute Gasteiger partial charge is 0.364 e. The number of halogens is 2. The van der Waals surface area contributed by atoms with Crippen molar-refractivity contribution in [1.82, 2.24) is 10.2 Å². The van der Waals surface area contributed by atoms with E-state index >= 15 is 0 Å². The van der Waals surface area contributed by atoms with Gasteiger partial charge in [-0.2, -0.15) is 5.10 Å². The Labute approximate surface area is 86.4 Å². The van der Waals surface area contributed by atoms with Crippen LogP contribution < -0.4 is 5.73 Å². The minimum absolute atomic E-state index is 0.0844. The predicted molar refractivity (Wildman–Crippen MR) is 52.3 cm³/mol. The monoisotopic (exact) mass is 257 g/mol. The van der Waals surface area contributed by atoms with Gasteiger partial charge in [-0.05, 0) is 28.1 Å². The highest BCUT2D eigenvalue weighted by atomic mass is 79.9. The first kappa shape index (κ1) is 9.14. The van der Waals surface area contributed by atoms with Gasteiger partial charge in [-0.1, -0.05) is 0 Å². The molecule has 1 heterocycles. The Morgan fingerprint density at radius 3 is 2.93 bits per heavy atom. The molecule has 3 N–H and O–H groups in total. The number of nitrogens with zero attached hydrogens (tertiary/aromatic N) is 1. The first-order valence-electron chi connectivity index (χ1n) is 3.73. The number of aromatic nitrogens is 2. The molecule has 0 spiro atoms. The smallest absolute Gasteiger partial charge is 0.269 e. The number of nitrogens with one attached hydrogen (secondary N) is 1. The van der Waals surface area contributed by atoms with Gasteiger partial charge in [0.25, 0.3) is 5.91 Å². The quantitative estimate of drug-likeness (QED) is 0.814. The summed E-state index contributed by atoms with van der Waals surface area (Å²) in [5.41, 5.74) is 5.40. The van der Waals surface area contributed by atoms with Crippen LogP contribution in [-0.4, -0.2) is 16.1 Å². The number of aromatic amines is 1. The summed E-state index contributed by atoms with van der Waals surface area (Å²) in [6, 6.07) is 3.14. The summed E-state index contributed by atoms with van der Waals surface area (Å²) < 4.78 is 13.8. The Bertz CT molecular complexity index is 523. The van der Waals surface area contributed by atoms with Gasteiger partial charge >= 0.3 is 0 Å². The molecule has 0 bridgehead atoms. The Kier molecular flexibility index (Phi) is 1.99. The highest BCUT2D eigenvalue weighted by Crippen LogP contribution is 2.25. The van der Waals surface area contributed by atoms with E-state index in [9.17, 15) is 9.18 Å². The summed E-state index contributed by atoms with van der Waals surface area (Å²) in [6.07, 6.45) is 0. The molecule has 0 radical (unpaired) electrons. The molecule has 1 aromatic heterocycles. The van der Waals surface area contributed by atoms with E-state index in [2.05, 4.69) is 26.1 Å². The lowest BCUT2D eigenvalue weighted by Gasteiger charge is -1.96. The fourth-order valence-corrected chi connectivity index (χ4v) is 1.56. The molecule has 0 aliphatic rings. The molecule has 0 aliphatic carbocycles. The van der Waals surface area contributed by atoms with E-state index in [1.807, 2.05) is 0 Å². The van der Waals surface area contributed by atoms with Crippen molar-refractivity contribution >= 4 is 32.7 Å². The normalized spacial score (nSPS) is 10.7. The fourth-order valence-electron chi connectivity index (χ4n) is 1.23. The first-order chi connectivity index (χ1) is 6.61. The van der Waals surface area contributed by atoms with Crippen molar-refractivity contribution in [3.05, 3.63) is 28.1 Å². The van der Waals surface area contributed by atoms with E-state index < -0.39 is 11.7 Å². The average Bonchev–Trinajstić information content (AvgIpc) is 2.55. The van der Waals surface area contributed by atoms with Gasteiger partial charge in [0.05, 0.1) is 15.4 Å². The first-order valence-corrected chi connectivity index (χ1v) is 4.52. The maximum Gasteiger partial charge on any atom is 0.269 e. The van der Waals surface area contributed by atoms with E-state index in [4.69, 9.17) is 5.73 Å². The molecule has 2 rings (SSSR count). The second-order valence-electron chi connectivity index (χ2n) is 2.72. The molecule has 2 aromatic rings. The van der Waals surface area contributed by atoms with Crippen LogP contribution in [0.3, 0.4) is 0 Å². The summed E-state index contributed by atoms with van der Waals surface area (Å²) in [4.78, 5) is 10.9. The summed E-state index contributed by atoms with van der Waals surface area (Å²) >= 11 is 3.02. The summed E-state index contributed by atoms with van der Waals surface area (Å²) in [6.45, 7) is 0. The molecule has 72 valence electrons. The Hall–Kier alpha value is -1.43. The van der Waals surface area contributed by atoms with Gasteiger partial charge in [-0.3, -0.25) is 9.89 Å². The Balaban J connectivity index is 2.89. The molecule has 14 heavy (non-hydrogen) atoms. The van der Waals surface area contributed by atoms with Gasteiger partial charge in [-0.15, -0.1) is 0 Å². The van der Waals surface area contributed by atoms with Crippen molar-refractivity contribution in [2.75, 3.05) is 0 Å².